The predicted molar refractivity (Wildman–Crippen MR) is 186 cm³/mol. The van der Waals surface area contributed by atoms with Gasteiger partial charge in [-0.15, -0.1) is 4.99 Å². The second-order valence-corrected chi connectivity index (χ2v) is 13.5. The van der Waals surface area contributed by atoms with Crippen LogP contribution in [0.1, 0.15) is 59.1 Å². The van der Waals surface area contributed by atoms with Crippen LogP contribution in [-0.2, 0) is 27.2 Å². The number of nitrogens with two attached hydrogens (primary N) is 1. The molecule has 0 saturated heterocycles. The van der Waals surface area contributed by atoms with Gasteiger partial charge in [0.25, 0.3) is 5.91 Å². The molecule has 2 N–H and O–H groups in total. The first kappa shape index (κ1) is 36.6. The van der Waals surface area contributed by atoms with Crippen molar-refractivity contribution in [2.24, 2.45) is 10.7 Å². The third kappa shape index (κ3) is 10.9. The highest BCUT2D eigenvalue weighted by Crippen LogP contribution is 2.35. The van der Waals surface area contributed by atoms with E-state index < -0.39 is 29.5 Å². The van der Waals surface area contributed by atoms with Crippen molar-refractivity contribution in [1.29, 1.82) is 0 Å². The fourth-order valence-electron chi connectivity index (χ4n) is 4.87. The molecule has 1 aliphatic rings. The van der Waals surface area contributed by atoms with Crippen molar-refractivity contribution < 1.29 is 38.1 Å². The van der Waals surface area contributed by atoms with Gasteiger partial charge in [0.1, 0.15) is 28.5 Å². The van der Waals surface area contributed by atoms with Crippen LogP contribution in [0.5, 0.6) is 17.2 Å². The molecule has 3 amide bonds. The number of hydrogen-bond donors (Lipinski definition) is 1. The summed E-state index contributed by atoms with van der Waals surface area (Å²) >= 11 is 0. The van der Waals surface area contributed by atoms with Crippen LogP contribution in [0.25, 0.3) is 0 Å². The van der Waals surface area contributed by atoms with Gasteiger partial charge >= 0.3 is 12.2 Å². The van der Waals surface area contributed by atoms with E-state index in [-0.39, 0.29) is 25.0 Å². The largest absolute Gasteiger partial charge is 0.497 e. The van der Waals surface area contributed by atoms with Gasteiger partial charge in [0.15, 0.2) is 6.10 Å². The second kappa shape index (κ2) is 15.8. The Balaban J connectivity index is 1.35. The van der Waals surface area contributed by atoms with E-state index in [9.17, 15) is 14.4 Å². The number of hydrogen-bond acceptors (Lipinski definition) is 8. The summed E-state index contributed by atoms with van der Waals surface area (Å²) in [4.78, 5) is 45.4. The first-order valence-electron chi connectivity index (χ1n) is 16.1. The number of ether oxygens (including phenoxy) is 5. The Kier molecular flexibility index (Phi) is 11.8. The maximum Gasteiger partial charge on any atom is 0.437 e. The van der Waals surface area contributed by atoms with Gasteiger partial charge in [-0.05, 0) is 95.5 Å². The molecule has 3 aromatic rings. The van der Waals surface area contributed by atoms with Crippen molar-refractivity contribution in [3.63, 3.8) is 0 Å². The fraction of sp³-hybridized carbons (Fsp3) is 0.405. The normalized spacial score (nSPS) is 14.8. The summed E-state index contributed by atoms with van der Waals surface area (Å²) in [6.45, 7) is 11.1. The van der Waals surface area contributed by atoms with Crippen LogP contribution in [0.4, 0.5) is 15.3 Å². The maximum atomic E-state index is 13.6. The van der Waals surface area contributed by atoms with Gasteiger partial charge in [-0.3, -0.25) is 4.79 Å². The molecule has 1 unspecified atom stereocenters. The molecule has 1 aliphatic heterocycles. The monoisotopic (exact) mass is 674 g/mol. The van der Waals surface area contributed by atoms with Crippen molar-refractivity contribution in [3.8, 4) is 17.2 Å². The number of carbonyl (C=O) groups excluding carboxylic acids is 3. The van der Waals surface area contributed by atoms with Gasteiger partial charge in [0.2, 0.25) is 5.96 Å². The summed E-state index contributed by atoms with van der Waals surface area (Å²) in [6, 6.07) is 22.4. The molecular formula is C37H46N4O8. The smallest absolute Gasteiger partial charge is 0.437 e. The Morgan fingerprint density at radius 2 is 1.49 bits per heavy atom. The zero-order valence-corrected chi connectivity index (χ0v) is 29.2. The molecule has 12 heteroatoms. The lowest BCUT2D eigenvalue weighted by Gasteiger charge is -2.34. The number of benzene rings is 3. The molecule has 12 nitrogen and oxygen atoms in total. The minimum absolute atomic E-state index is 0.100. The van der Waals surface area contributed by atoms with E-state index in [2.05, 4.69) is 4.99 Å². The van der Waals surface area contributed by atoms with Crippen LogP contribution < -0.4 is 24.8 Å². The van der Waals surface area contributed by atoms with E-state index in [1.54, 1.807) is 65.7 Å². The summed E-state index contributed by atoms with van der Waals surface area (Å²) < 4.78 is 28.0. The number of amides is 3. The van der Waals surface area contributed by atoms with E-state index in [4.69, 9.17) is 29.4 Å². The Morgan fingerprint density at radius 3 is 2.12 bits per heavy atom. The standard InChI is InChI=1S/C37H46N4O8/c1-36(2,3)48-34(43)39-33(38)40(35(44)49-37(4,5)6)22-20-25-12-18-28(19-13-25)46-23-21-31-32(42)41(29-10-8-9-11-30(29)47-31)24-26-14-16-27(45-7)17-15-26/h8-19,31H,20-24H2,1-7H3,(H2,38,39,43). The lowest BCUT2D eigenvalue weighted by molar-refractivity contribution is -0.127. The Bertz CT molecular complexity index is 1630. The van der Waals surface area contributed by atoms with Crippen LogP contribution in [0.15, 0.2) is 77.8 Å². The van der Waals surface area contributed by atoms with Crippen molar-refractivity contribution in [2.45, 2.75) is 78.2 Å². The SMILES string of the molecule is COc1ccc(CN2C(=O)C(CCOc3ccc(CCN(C(=O)OC(C)(C)C)C(N)=NC(=O)OC(C)(C)C)cc3)Oc3ccccc32)cc1. The Hall–Kier alpha value is -5.26. The first-order valence-corrected chi connectivity index (χ1v) is 16.1. The van der Waals surface area contributed by atoms with Crippen LogP contribution in [-0.4, -0.2) is 66.5 Å². The summed E-state index contributed by atoms with van der Waals surface area (Å²) in [5.74, 6) is 1.53. The van der Waals surface area contributed by atoms with Gasteiger partial charge in [0.05, 0.1) is 25.9 Å². The lowest BCUT2D eigenvalue weighted by atomic mass is 10.1. The van der Waals surface area contributed by atoms with Crippen molar-refractivity contribution in [2.75, 3.05) is 25.2 Å². The van der Waals surface area contributed by atoms with Gasteiger partial charge < -0.3 is 34.3 Å². The van der Waals surface area contributed by atoms with Crippen molar-refractivity contribution in [1.82, 2.24) is 4.90 Å². The average molecular weight is 675 g/mol. The van der Waals surface area contributed by atoms with Crippen LogP contribution in [0.2, 0.25) is 0 Å². The highest BCUT2D eigenvalue weighted by Gasteiger charge is 2.34. The predicted octanol–water partition coefficient (Wildman–Crippen LogP) is 6.49. The molecule has 49 heavy (non-hydrogen) atoms. The molecule has 0 aromatic heterocycles. The van der Waals surface area contributed by atoms with Gasteiger partial charge in [0, 0.05) is 13.0 Å². The van der Waals surface area contributed by atoms with Crippen LogP contribution in [0, 0.1) is 0 Å². The zero-order valence-electron chi connectivity index (χ0n) is 29.2. The molecule has 4 rings (SSSR count). The van der Waals surface area contributed by atoms with E-state index in [0.717, 1.165) is 27.5 Å². The second-order valence-electron chi connectivity index (χ2n) is 13.5. The highest BCUT2D eigenvalue weighted by molar-refractivity contribution is 6.00. The molecule has 0 fully saturated rings. The fourth-order valence-corrected chi connectivity index (χ4v) is 4.87. The molecule has 0 saturated carbocycles. The highest BCUT2D eigenvalue weighted by atomic mass is 16.6. The molecule has 3 aromatic carbocycles. The Labute approximate surface area is 287 Å². The first-order chi connectivity index (χ1) is 23.1. The van der Waals surface area contributed by atoms with E-state index >= 15 is 0 Å². The summed E-state index contributed by atoms with van der Waals surface area (Å²) in [6.07, 6.45) is -1.62. The number of para-hydroxylation sites is 2. The number of methoxy groups -OCH3 is 1. The lowest BCUT2D eigenvalue weighted by Crippen LogP contribution is -2.46. The maximum absolute atomic E-state index is 13.6. The molecule has 0 bridgehead atoms. The number of aliphatic imine (C=N–C) groups is 1. The van der Waals surface area contributed by atoms with Crippen molar-refractivity contribution in [3.05, 3.63) is 83.9 Å². The zero-order chi connectivity index (χ0) is 35.8. The van der Waals surface area contributed by atoms with E-state index in [1.807, 2.05) is 60.7 Å². The number of rotatable bonds is 10. The minimum Gasteiger partial charge on any atom is -0.497 e. The summed E-state index contributed by atoms with van der Waals surface area (Å²) in [7, 11) is 1.62. The van der Waals surface area contributed by atoms with Crippen molar-refractivity contribution >= 4 is 29.7 Å². The van der Waals surface area contributed by atoms with Crippen LogP contribution in [0.3, 0.4) is 0 Å². The third-order valence-corrected chi connectivity index (χ3v) is 7.15. The molecule has 1 atom stereocenters. The number of fused-ring (bicyclic) bond motifs is 1. The third-order valence-electron chi connectivity index (χ3n) is 7.15. The number of guanidine groups is 1. The quantitative estimate of drug-likeness (QED) is 0.189. The van der Waals surface area contributed by atoms with E-state index in [0.29, 0.717) is 30.9 Å². The average Bonchev–Trinajstić information content (AvgIpc) is 3.02. The van der Waals surface area contributed by atoms with Gasteiger partial charge in [-0.1, -0.05) is 36.4 Å². The molecule has 262 valence electrons. The summed E-state index contributed by atoms with van der Waals surface area (Å²) in [5.41, 5.74) is 7.07. The van der Waals surface area contributed by atoms with Gasteiger partial charge in [-0.25, -0.2) is 14.5 Å². The number of carbonyl (C=O) groups is 3. The molecule has 0 spiro atoms. The number of anilines is 1. The van der Waals surface area contributed by atoms with Crippen LogP contribution >= 0.6 is 0 Å². The Morgan fingerprint density at radius 1 is 0.878 bits per heavy atom. The molecule has 1 heterocycles. The van der Waals surface area contributed by atoms with Gasteiger partial charge in [-0.2, -0.15) is 0 Å². The number of nitrogens with zero attached hydrogens (tertiary/aromatic N) is 3. The molecule has 0 radical (unpaired) electrons. The minimum atomic E-state index is -0.908. The molecular weight excluding hydrogens is 628 g/mol. The topological polar surface area (TPSA) is 142 Å². The van der Waals surface area contributed by atoms with E-state index in [1.165, 1.54) is 0 Å². The molecule has 0 aliphatic carbocycles. The summed E-state index contributed by atoms with van der Waals surface area (Å²) in [5, 5.41) is 0.